The molecule has 1 aromatic carbocycles. The summed E-state index contributed by atoms with van der Waals surface area (Å²) in [5.41, 5.74) is 0.513. The second kappa shape index (κ2) is 5.75. The van der Waals surface area contributed by atoms with Crippen LogP contribution in [0, 0.1) is 0 Å². The molecule has 0 atom stereocenters. The Kier molecular flexibility index (Phi) is 4.62. The fraction of sp³-hybridized carbons (Fsp3) is 0.417. The number of halogens is 1. The highest BCUT2D eigenvalue weighted by Crippen LogP contribution is 2.23. The van der Waals surface area contributed by atoms with Gasteiger partial charge in [-0.15, -0.1) is 0 Å². The molecule has 1 aromatic rings. The van der Waals surface area contributed by atoms with Crippen LogP contribution < -0.4 is 4.74 Å². The third-order valence-electron chi connectivity index (χ3n) is 2.44. The number of methoxy groups -OCH3 is 1. The van der Waals surface area contributed by atoms with Crippen LogP contribution in [0.5, 0.6) is 5.75 Å². The Bertz CT molecular complexity index is 375. The number of amides is 1. The van der Waals surface area contributed by atoms with Crippen molar-refractivity contribution in [2.75, 3.05) is 20.2 Å². The SMILES string of the molecule is CCN(CC)C(=O)c1cc(Cl)ccc1OC. The molecule has 0 heterocycles. The van der Waals surface area contributed by atoms with Crippen LogP contribution in [0.25, 0.3) is 0 Å². The average molecular weight is 242 g/mol. The quantitative estimate of drug-likeness (QED) is 0.811. The normalized spacial score (nSPS) is 10.0. The molecule has 0 saturated heterocycles. The average Bonchev–Trinajstić information content (AvgIpc) is 2.30. The van der Waals surface area contributed by atoms with Crippen molar-refractivity contribution in [1.29, 1.82) is 0 Å². The first kappa shape index (κ1) is 12.8. The van der Waals surface area contributed by atoms with Crippen LogP contribution in [0.1, 0.15) is 24.2 Å². The predicted molar refractivity (Wildman–Crippen MR) is 65.3 cm³/mol. The zero-order valence-electron chi connectivity index (χ0n) is 9.79. The Labute approximate surface area is 101 Å². The van der Waals surface area contributed by atoms with Gasteiger partial charge in [-0.2, -0.15) is 0 Å². The maximum Gasteiger partial charge on any atom is 0.257 e. The summed E-state index contributed by atoms with van der Waals surface area (Å²) in [6.07, 6.45) is 0. The van der Waals surface area contributed by atoms with Crippen molar-refractivity contribution in [2.24, 2.45) is 0 Å². The highest BCUT2D eigenvalue weighted by atomic mass is 35.5. The van der Waals surface area contributed by atoms with Gasteiger partial charge in [-0.1, -0.05) is 11.6 Å². The smallest absolute Gasteiger partial charge is 0.257 e. The number of hydrogen-bond acceptors (Lipinski definition) is 2. The lowest BCUT2D eigenvalue weighted by Crippen LogP contribution is -2.30. The van der Waals surface area contributed by atoms with E-state index in [1.54, 1.807) is 30.2 Å². The van der Waals surface area contributed by atoms with Crippen molar-refractivity contribution in [2.45, 2.75) is 13.8 Å². The molecular weight excluding hydrogens is 226 g/mol. The van der Waals surface area contributed by atoms with Crippen LogP contribution >= 0.6 is 11.6 Å². The minimum absolute atomic E-state index is 0.0515. The summed E-state index contributed by atoms with van der Waals surface area (Å²) in [6, 6.07) is 5.06. The van der Waals surface area contributed by atoms with Crippen LogP contribution in [-0.2, 0) is 0 Å². The number of carbonyl (C=O) groups excluding carboxylic acids is 1. The van der Waals surface area contributed by atoms with Gasteiger partial charge in [-0.25, -0.2) is 0 Å². The van der Waals surface area contributed by atoms with Gasteiger partial charge in [-0.05, 0) is 32.0 Å². The highest BCUT2D eigenvalue weighted by Gasteiger charge is 2.17. The maximum atomic E-state index is 12.1. The fourth-order valence-corrected chi connectivity index (χ4v) is 1.70. The first-order valence-electron chi connectivity index (χ1n) is 5.26. The van der Waals surface area contributed by atoms with Gasteiger partial charge in [0.1, 0.15) is 5.75 Å². The molecule has 3 nitrogen and oxygen atoms in total. The molecule has 0 saturated carbocycles. The largest absolute Gasteiger partial charge is 0.496 e. The zero-order chi connectivity index (χ0) is 12.1. The third-order valence-corrected chi connectivity index (χ3v) is 2.68. The van der Waals surface area contributed by atoms with Crippen molar-refractivity contribution in [3.8, 4) is 5.75 Å². The summed E-state index contributed by atoms with van der Waals surface area (Å²) < 4.78 is 5.15. The standard InChI is InChI=1S/C12H16ClNO2/c1-4-14(5-2)12(15)10-8-9(13)6-7-11(10)16-3/h6-8H,4-5H2,1-3H3. The molecule has 0 aromatic heterocycles. The van der Waals surface area contributed by atoms with E-state index < -0.39 is 0 Å². The van der Waals surface area contributed by atoms with Crippen molar-refractivity contribution in [3.63, 3.8) is 0 Å². The van der Waals surface area contributed by atoms with E-state index >= 15 is 0 Å². The first-order chi connectivity index (χ1) is 7.63. The van der Waals surface area contributed by atoms with E-state index in [4.69, 9.17) is 16.3 Å². The van der Waals surface area contributed by atoms with Crippen LogP contribution in [0.2, 0.25) is 5.02 Å². The number of hydrogen-bond donors (Lipinski definition) is 0. The molecule has 0 fully saturated rings. The number of carbonyl (C=O) groups is 1. The number of ether oxygens (including phenoxy) is 1. The molecule has 0 N–H and O–H groups in total. The second-order valence-corrected chi connectivity index (χ2v) is 3.76. The topological polar surface area (TPSA) is 29.5 Å². The molecule has 0 radical (unpaired) electrons. The molecule has 0 spiro atoms. The lowest BCUT2D eigenvalue weighted by molar-refractivity contribution is 0.0769. The van der Waals surface area contributed by atoms with Gasteiger partial charge < -0.3 is 9.64 Å². The Morgan fingerprint density at radius 3 is 2.50 bits per heavy atom. The van der Waals surface area contributed by atoms with Crippen LogP contribution in [0.3, 0.4) is 0 Å². The van der Waals surface area contributed by atoms with Gasteiger partial charge in [0.05, 0.1) is 12.7 Å². The van der Waals surface area contributed by atoms with Crippen LogP contribution in [0.15, 0.2) is 18.2 Å². The number of nitrogens with zero attached hydrogens (tertiary/aromatic N) is 1. The van der Waals surface area contributed by atoms with Crippen molar-refractivity contribution < 1.29 is 9.53 Å². The molecule has 0 bridgehead atoms. The van der Waals surface area contributed by atoms with Gasteiger partial charge in [0.25, 0.3) is 5.91 Å². The minimum atomic E-state index is -0.0515. The Morgan fingerprint density at radius 1 is 1.38 bits per heavy atom. The Balaban J connectivity index is 3.10. The Hall–Kier alpha value is -1.22. The van der Waals surface area contributed by atoms with Crippen molar-refractivity contribution in [3.05, 3.63) is 28.8 Å². The van der Waals surface area contributed by atoms with Gasteiger partial charge in [0, 0.05) is 18.1 Å². The summed E-state index contributed by atoms with van der Waals surface area (Å²) in [4.78, 5) is 13.9. The zero-order valence-corrected chi connectivity index (χ0v) is 10.5. The summed E-state index contributed by atoms with van der Waals surface area (Å²) in [5.74, 6) is 0.505. The molecular formula is C12H16ClNO2. The van der Waals surface area contributed by atoms with Gasteiger partial charge in [-0.3, -0.25) is 4.79 Å². The molecule has 0 unspecified atom stereocenters. The second-order valence-electron chi connectivity index (χ2n) is 3.32. The predicted octanol–water partition coefficient (Wildman–Crippen LogP) is 2.83. The van der Waals surface area contributed by atoms with Gasteiger partial charge in [0.2, 0.25) is 0 Å². The van der Waals surface area contributed by atoms with Crippen LogP contribution in [0.4, 0.5) is 0 Å². The van der Waals surface area contributed by atoms with E-state index in [-0.39, 0.29) is 5.91 Å². The van der Waals surface area contributed by atoms with E-state index in [0.29, 0.717) is 29.4 Å². The van der Waals surface area contributed by atoms with Gasteiger partial charge in [0.15, 0.2) is 0 Å². The summed E-state index contributed by atoms with van der Waals surface area (Å²) in [5, 5.41) is 0.538. The van der Waals surface area contributed by atoms with Gasteiger partial charge >= 0.3 is 0 Å². The number of rotatable bonds is 4. The molecule has 0 aliphatic rings. The summed E-state index contributed by atoms with van der Waals surface area (Å²) >= 11 is 5.88. The van der Waals surface area contributed by atoms with Crippen molar-refractivity contribution in [1.82, 2.24) is 4.90 Å². The minimum Gasteiger partial charge on any atom is -0.496 e. The van der Waals surface area contributed by atoms with E-state index in [1.165, 1.54) is 0 Å². The molecule has 4 heteroatoms. The van der Waals surface area contributed by atoms with E-state index in [1.807, 2.05) is 13.8 Å². The Morgan fingerprint density at radius 2 is 2.00 bits per heavy atom. The lowest BCUT2D eigenvalue weighted by Gasteiger charge is -2.20. The van der Waals surface area contributed by atoms with Crippen molar-refractivity contribution >= 4 is 17.5 Å². The third kappa shape index (κ3) is 2.67. The van der Waals surface area contributed by atoms with E-state index in [9.17, 15) is 4.79 Å². The summed E-state index contributed by atoms with van der Waals surface area (Å²) in [7, 11) is 1.54. The molecule has 88 valence electrons. The highest BCUT2D eigenvalue weighted by molar-refractivity contribution is 6.31. The molecule has 0 aliphatic heterocycles. The summed E-state index contributed by atoms with van der Waals surface area (Å²) in [6.45, 7) is 5.23. The maximum absolute atomic E-state index is 12.1. The molecule has 16 heavy (non-hydrogen) atoms. The van der Waals surface area contributed by atoms with E-state index in [2.05, 4.69) is 0 Å². The lowest BCUT2D eigenvalue weighted by atomic mass is 10.1. The first-order valence-corrected chi connectivity index (χ1v) is 5.64. The monoisotopic (exact) mass is 241 g/mol. The molecule has 1 amide bonds. The number of benzene rings is 1. The fourth-order valence-electron chi connectivity index (χ4n) is 1.53. The molecule has 1 rings (SSSR count). The van der Waals surface area contributed by atoms with Crippen LogP contribution in [-0.4, -0.2) is 31.0 Å². The molecule has 0 aliphatic carbocycles. The van der Waals surface area contributed by atoms with E-state index in [0.717, 1.165) is 0 Å².